The van der Waals surface area contributed by atoms with Crippen molar-refractivity contribution < 1.29 is 17.9 Å². The lowest BCUT2D eigenvalue weighted by Crippen LogP contribution is -2.46. The number of anilines is 1. The van der Waals surface area contributed by atoms with E-state index in [0.717, 1.165) is 68.1 Å². The van der Waals surface area contributed by atoms with Gasteiger partial charge in [-0.25, -0.2) is 13.1 Å². The third-order valence-corrected chi connectivity index (χ3v) is 7.63. The molecule has 0 spiro atoms. The van der Waals surface area contributed by atoms with Crippen molar-refractivity contribution in [3.8, 4) is 11.5 Å². The molecule has 0 amide bonds. The number of H-pyrrole nitrogens is 1. The molecule has 3 aromatic rings. The molecule has 10 heteroatoms. The average molecular weight is 472 g/mol. The first-order chi connectivity index (χ1) is 16.1. The maximum atomic E-state index is 12.6. The number of benzene rings is 2. The minimum atomic E-state index is -3.52. The van der Waals surface area contributed by atoms with Crippen molar-refractivity contribution in [3.05, 3.63) is 42.6 Å². The van der Waals surface area contributed by atoms with Crippen molar-refractivity contribution >= 4 is 26.6 Å². The van der Waals surface area contributed by atoms with E-state index >= 15 is 0 Å². The Morgan fingerprint density at radius 2 is 1.88 bits per heavy atom. The molecule has 0 aliphatic carbocycles. The molecular formula is C23H29N5O4S. The molecule has 3 heterocycles. The van der Waals surface area contributed by atoms with E-state index in [-0.39, 0.29) is 4.90 Å². The lowest BCUT2D eigenvalue weighted by molar-refractivity contribution is 0.171. The molecule has 33 heavy (non-hydrogen) atoms. The number of hydrogen-bond acceptors (Lipinski definition) is 7. The Morgan fingerprint density at radius 3 is 2.76 bits per heavy atom. The SMILES string of the molecule is O=S(=O)(NCCCCN1CCN(c2cccc3c2OCCO3)CC1)c1ccc2cn[nH]c2c1. The normalized spacial score (nSPS) is 16.9. The highest BCUT2D eigenvalue weighted by atomic mass is 32.2. The van der Waals surface area contributed by atoms with Gasteiger partial charge in [0.1, 0.15) is 13.2 Å². The van der Waals surface area contributed by atoms with Gasteiger partial charge in [-0.15, -0.1) is 0 Å². The summed E-state index contributed by atoms with van der Waals surface area (Å²) in [6.45, 7) is 6.39. The second-order valence-corrected chi connectivity index (χ2v) is 10.1. The Morgan fingerprint density at radius 1 is 1.03 bits per heavy atom. The number of aromatic amines is 1. The smallest absolute Gasteiger partial charge is 0.240 e. The van der Waals surface area contributed by atoms with E-state index in [0.29, 0.717) is 25.3 Å². The summed E-state index contributed by atoms with van der Waals surface area (Å²) in [6, 6.07) is 11.1. The molecule has 1 fully saturated rings. The fourth-order valence-corrected chi connectivity index (χ4v) is 5.45. The summed E-state index contributed by atoms with van der Waals surface area (Å²) in [4.78, 5) is 5.05. The van der Waals surface area contributed by atoms with Crippen LogP contribution in [-0.4, -0.2) is 76.0 Å². The zero-order chi connectivity index (χ0) is 22.7. The topological polar surface area (TPSA) is 99.8 Å². The van der Waals surface area contributed by atoms with Gasteiger partial charge < -0.3 is 14.4 Å². The minimum absolute atomic E-state index is 0.257. The Balaban J connectivity index is 1.05. The standard InChI is InChI=1S/C23H29N5O4S/c29-33(30,19-7-6-18-17-24-26-20(18)16-19)25-8-1-2-9-27-10-12-28(13-11-27)21-4-3-5-22-23(21)32-15-14-31-22/h3-7,16-17,25H,1-2,8-15H2,(H,24,26). The molecule has 2 aromatic carbocycles. The summed E-state index contributed by atoms with van der Waals surface area (Å²) in [6.07, 6.45) is 3.41. The zero-order valence-electron chi connectivity index (χ0n) is 18.5. The zero-order valence-corrected chi connectivity index (χ0v) is 19.3. The lowest BCUT2D eigenvalue weighted by Gasteiger charge is -2.37. The number of hydrogen-bond donors (Lipinski definition) is 2. The quantitative estimate of drug-likeness (QED) is 0.486. The van der Waals surface area contributed by atoms with Crippen LogP contribution in [0.5, 0.6) is 11.5 Å². The molecule has 5 rings (SSSR count). The minimum Gasteiger partial charge on any atom is -0.486 e. The van der Waals surface area contributed by atoms with Gasteiger partial charge in [0.05, 0.1) is 22.3 Å². The number of sulfonamides is 1. The molecular weight excluding hydrogens is 442 g/mol. The molecule has 0 atom stereocenters. The first-order valence-corrected chi connectivity index (χ1v) is 12.9. The maximum Gasteiger partial charge on any atom is 0.240 e. The highest BCUT2D eigenvalue weighted by Crippen LogP contribution is 2.39. The van der Waals surface area contributed by atoms with Gasteiger partial charge >= 0.3 is 0 Å². The van der Waals surface area contributed by atoms with Gasteiger partial charge in [-0.2, -0.15) is 5.10 Å². The van der Waals surface area contributed by atoms with E-state index in [4.69, 9.17) is 9.47 Å². The van der Waals surface area contributed by atoms with Crippen molar-refractivity contribution in [2.75, 3.05) is 57.4 Å². The van der Waals surface area contributed by atoms with Gasteiger partial charge in [-0.05, 0) is 49.7 Å². The number of rotatable bonds is 8. The summed E-state index contributed by atoms with van der Waals surface area (Å²) in [7, 11) is -3.52. The number of piperazine rings is 1. The molecule has 0 saturated carbocycles. The predicted molar refractivity (Wildman–Crippen MR) is 127 cm³/mol. The summed E-state index contributed by atoms with van der Waals surface area (Å²) in [5.74, 6) is 1.68. The summed E-state index contributed by atoms with van der Waals surface area (Å²) >= 11 is 0. The van der Waals surface area contributed by atoms with Gasteiger partial charge in [-0.1, -0.05) is 6.07 Å². The van der Waals surface area contributed by atoms with Crippen LogP contribution in [0.1, 0.15) is 12.8 Å². The molecule has 1 aromatic heterocycles. The van der Waals surface area contributed by atoms with Crippen molar-refractivity contribution in [1.29, 1.82) is 0 Å². The van der Waals surface area contributed by atoms with Crippen LogP contribution in [0.2, 0.25) is 0 Å². The van der Waals surface area contributed by atoms with Gasteiger partial charge in [-0.3, -0.25) is 10.00 Å². The van der Waals surface area contributed by atoms with Crippen LogP contribution in [0.4, 0.5) is 5.69 Å². The third kappa shape index (κ3) is 4.92. The van der Waals surface area contributed by atoms with E-state index in [9.17, 15) is 8.42 Å². The van der Waals surface area contributed by atoms with Crippen LogP contribution in [0, 0.1) is 0 Å². The second-order valence-electron chi connectivity index (χ2n) is 8.35. The molecule has 9 nitrogen and oxygen atoms in total. The third-order valence-electron chi connectivity index (χ3n) is 6.18. The molecule has 176 valence electrons. The predicted octanol–water partition coefficient (Wildman–Crippen LogP) is 2.21. The summed E-state index contributed by atoms with van der Waals surface area (Å²) < 4.78 is 39.4. The number of fused-ring (bicyclic) bond motifs is 2. The highest BCUT2D eigenvalue weighted by Gasteiger charge is 2.23. The number of ether oxygens (including phenoxy) is 2. The molecule has 0 bridgehead atoms. The highest BCUT2D eigenvalue weighted by molar-refractivity contribution is 7.89. The van der Waals surface area contributed by atoms with Crippen LogP contribution >= 0.6 is 0 Å². The van der Waals surface area contributed by atoms with Crippen molar-refractivity contribution in [3.63, 3.8) is 0 Å². The molecule has 0 radical (unpaired) electrons. The molecule has 0 unspecified atom stereocenters. The van der Waals surface area contributed by atoms with Crippen molar-refractivity contribution in [2.24, 2.45) is 0 Å². The van der Waals surface area contributed by atoms with Crippen LogP contribution in [0.15, 0.2) is 47.5 Å². The number of para-hydroxylation sites is 1. The maximum absolute atomic E-state index is 12.6. The van der Waals surface area contributed by atoms with Gasteiger partial charge in [0.25, 0.3) is 0 Å². The van der Waals surface area contributed by atoms with Crippen LogP contribution in [-0.2, 0) is 10.0 Å². The van der Waals surface area contributed by atoms with Crippen molar-refractivity contribution in [2.45, 2.75) is 17.7 Å². The fourth-order valence-electron chi connectivity index (χ4n) is 4.35. The molecule has 2 N–H and O–H groups in total. The Bertz CT molecular complexity index is 1200. The fraction of sp³-hybridized carbons (Fsp3) is 0.435. The van der Waals surface area contributed by atoms with Crippen LogP contribution in [0.3, 0.4) is 0 Å². The van der Waals surface area contributed by atoms with Gasteiger partial charge in [0, 0.05) is 38.1 Å². The number of nitrogens with one attached hydrogen (secondary N) is 2. The van der Waals surface area contributed by atoms with Crippen LogP contribution < -0.4 is 19.1 Å². The number of unbranched alkanes of at least 4 members (excludes halogenated alkanes) is 1. The Kier molecular flexibility index (Phi) is 6.39. The lowest BCUT2D eigenvalue weighted by atomic mass is 10.2. The Hall–Kier alpha value is -2.82. The largest absolute Gasteiger partial charge is 0.486 e. The van der Waals surface area contributed by atoms with E-state index in [1.807, 2.05) is 12.1 Å². The van der Waals surface area contributed by atoms with Crippen LogP contribution in [0.25, 0.3) is 10.9 Å². The molecule has 2 aliphatic heterocycles. The van der Waals surface area contributed by atoms with Gasteiger partial charge in [0.15, 0.2) is 11.5 Å². The van der Waals surface area contributed by atoms with E-state index < -0.39 is 10.0 Å². The van der Waals surface area contributed by atoms with E-state index in [2.05, 4.69) is 30.8 Å². The first kappa shape index (κ1) is 22.0. The first-order valence-electron chi connectivity index (χ1n) is 11.4. The number of aromatic nitrogens is 2. The van der Waals surface area contributed by atoms with Gasteiger partial charge in [0.2, 0.25) is 10.0 Å². The number of nitrogens with zero attached hydrogens (tertiary/aromatic N) is 3. The monoisotopic (exact) mass is 471 g/mol. The molecule has 2 aliphatic rings. The summed E-state index contributed by atoms with van der Waals surface area (Å²) in [5.41, 5.74) is 1.82. The summed E-state index contributed by atoms with van der Waals surface area (Å²) in [5, 5.41) is 7.64. The van der Waals surface area contributed by atoms with Crippen molar-refractivity contribution in [1.82, 2.24) is 19.8 Å². The Labute approximate surface area is 193 Å². The van der Waals surface area contributed by atoms with E-state index in [1.165, 1.54) is 0 Å². The average Bonchev–Trinajstić information content (AvgIpc) is 3.32. The molecule has 1 saturated heterocycles. The van der Waals surface area contributed by atoms with E-state index in [1.54, 1.807) is 24.4 Å². The second kappa shape index (κ2) is 9.58.